The molecule has 1 aromatic heterocycles. The predicted octanol–water partition coefficient (Wildman–Crippen LogP) is 3.74. The maximum atomic E-state index is 13.0. The van der Waals surface area contributed by atoms with Crippen LogP contribution in [-0.4, -0.2) is 57.6 Å². The molecule has 1 N–H and O–H groups in total. The van der Waals surface area contributed by atoms with Crippen LogP contribution in [0.1, 0.15) is 35.0 Å². The van der Waals surface area contributed by atoms with E-state index in [2.05, 4.69) is 4.98 Å². The number of amides is 2. The molecular formula is C24H23N3O4. The third kappa shape index (κ3) is 3.67. The number of piperidine rings is 1. The number of likely N-dealkylation sites (tertiary alicyclic amines) is 1. The van der Waals surface area contributed by atoms with Crippen molar-refractivity contribution in [1.82, 2.24) is 14.8 Å². The third-order valence-electron chi connectivity index (χ3n) is 6.12. The number of cyclic esters (lactones) is 1. The van der Waals surface area contributed by atoms with Gasteiger partial charge in [0.25, 0.3) is 5.91 Å². The number of nitrogens with zero attached hydrogens (tertiary/aromatic N) is 3. The molecule has 0 radical (unpaired) electrons. The molecule has 3 heterocycles. The topological polar surface area (TPSA) is 83.0 Å². The fourth-order valence-electron chi connectivity index (χ4n) is 4.41. The lowest BCUT2D eigenvalue weighted by Crippen LogP contribution is -2.47. The van der Waals surface area contributed by atoms with Crippen molar-refractivity contribution in [3.05, 3.63) is 71.9 Å². The molecule has 31 heavy (non-hydrogen) atoms. The molecule has 2 aromatic carbocycles. The van der Waals surface area contributed by atoms with E-state index >= 15 is 0 Å². The minimum atomic E-state index is -0.287. The van der Waals surface area contributed by atoms with Crippen LogP contribution in [0.2, 0.25) is 0 Å². The number of para-hydroxylation sites is 1. The van der Waals surface area contributed by atoms with Gasteiger partial charge in [0.2, 0.25) is 0 Å². The minimum Gasteiger partial charge on any atom is -0.506 e. The molecule has 7 nitrogen and oxygen atoms in total. The lowest BCUT2D eigenvalue weighted by molar-refractivity contribution is 0.0653. The smallest absolute Gasteiger partial charge is 0.410 e. The van der Waals surface area contributed by atoms with Gasteiger partial charge < -0.3 is 19.6 Å². The highest BCUT2D eigenvalue weighted by Crippen LogP contribution is 2.30. The predicted molar refractivity (Wildman–Crippen MR) is 115 cm³/mol. The van der Waals surface area contributed by atoms with E-state index < -0.39 is 0 Å². The molecule has 0 bridgehead atoms. The van der Waals surface area contributed by atoms with E-state index in [1.54, 1.807) is 34.1 Å². The van der Waals surface area contributed by atoms with Crippen molar-refractivity contribution in [3.8, 4) is 5.75 Å². The first kappa shape index (κ1) is 19.4. The van der Waals surface area contributed by atoms with E-state index in [1.807, 2.05) is 36.4 Å². The number of phenolic OH excluding ortho intramolecular Hbond substituents is 1. The number of hydrogen-bond donors (Lipinski definition) is 1. The molecule has 7 heteroatoms. The molecule has 0 aliphatic carbocycles. The Hall–Kier alpha value is -3.61. The molecule has 1 atom stereocenters. The third-order valence-corrected chi connectivity index (χ3v) is 6.12. The van der Waals surface area contributed by atoms with Crippen LogP contribution in [0.5, 0.6) is 5.75 Å². The van der Waals surface area contributed by atoms with Gasteiger partial charge in [0.15, 0.2) is 0 Å². The van der Waals surface area contributed by atoms with Gasteiger partial charge in [-0.15, -0.1) is 0 Å². The summed E-state index contributed by atoms with van der Waals surface area (Å²) in [5, 5.41) is 10.8. The van der Waals surface area contributed by atoms with E-state index in [4.69, 9.17) is 4.74 Å². The monoisotopic (exact) mass is 417 g/mol. The second-order valence-electron chi connectivity index (χ2n) is 8.00. The number of ether oxygens (including phenoxy) is 1. The number of benzene rings is 2. The van der Waals surface area contributed by atoms with Gasteiger partial charge in [0.05, 0.1) is 6.54 Å². The van der Waals surface area contributed by atoms with Crippen LogP contribution in [0, 0.1) is 0 Å². The highest BCUT2D eigenvalue weighted by atomic mass is 16.6. The van der Waals surface area contributed by atoms with Crippen molar-refractivity contribution < 1.29 is 19.4 Å². The van der Waals surface area contributed by atoms with Crippen LogP contribution >= 0.6 is 0 Å². The summed E-state index contributed by atoms with van der Waals surface area (Å²) in [6.07, 6.45) is 0.857. The number of pyridine rings is 1. The Labute approximate surface area is 179 Å². The number of aromatic hydroxyl groups is 1. The van der Waals surface area contributed by atoms with Gasteiger partial charge in [-0.1, -0.05) is 48.5 Å². The number of carbonyl (C=O) groups excluding carboxylic acids is 2. The number of aromatic nitrogens is 1. The van der Waals surface area contributed by atoms with Gasteiger partial charge in [-0.3, -0.25) is 4.79 Å². The lowest BCUT2D eigenvalue weighted by Gasteiger charge is -2.35. The highest BCUT2D eigenvalue weighted by molar-refractivity contribution is 5.96. The summed E-state index contributed by atoms with van der Waals surface area (Å²) in [6.45, 7) is 1.63. The number of phenols is 1. The summed E-state index contributed by atoms with van der Waals surface area (Å²) in [5.41, 5.74) is 1.74. The van der Waals surface area contributed by atoms with E-state index in [9.17, 15) is 14.7 Å². The SMILES string of the molecule is O=C(c1ccc2cccc(O)c2n1)N1CCC(N2CC(c3ccccc3)OC2=O)CC1. The zero-order chi connectivity index (χ0) is 21.4. The Kier molecular flexibility index (Phi) is 4.94. The van der Waals surface area contributed by atoms with Gasteiger partial charge >= 0.3 is 6.09 Å². The van der Waals surface area contributed by atoms with Crippen LogP contribution < -0.4 is 0 Å². The molecule has 5 rings (SSSR count). The molecule has 1 unspecified atom stereocenters. The molecule has 0 saturated carbocycles. The second kappa shape index (κ2) is 7.91. The first-order valence-electron chi connectivity index (χ1n) is 10.5. The lowest BCUT2D eigenvalue weighted by atomic mass is 10.0. The maximum absolute atomic E-state index is 13.0. The molecule has 0 spiro atoms. The van der Waals surface area contributed by atoms with E-state index in [0.717, 1.165) is 10.9 Å². The Bertz CT molecular complexity index is 1130. The summed E-state index contributed by atoms with van der Waals surface area (Å²) in [5.74, 6) is -0.0962. The summed E-state index contributed by atoms with van der Waals surface area (Å²) in [4.78, 5) is 33.3. The minimum absolute atomic E-state index is 0.0545. The highest BCUT2D eigenvalue weighted by Gasteiger charge is 2.38. The second-order valence-corrected chi connectivity index (χ2v) is 8.00. The van der Waals surface area contributed by atoms with Crippen LogP contribution in [0.25, 0.3) is 10.9 Å². The number of carbonyl (C=O) groups is 2. The fourth-order valence-corrected chi connectivity index (χ4v) is 4.41. The van der Waals surface area contributed by atoms with Crippen molar-refractivity contribution in [3.63, 3.8) is 0 Å². The zero-order valence-electron chi connectivity index (χ0n) is 17.0. The zero-order valence-corrected chi connectivity index (χ0v) is 17.0. The summed E-state index contributed by atoms with van der Waals surface area (Å²) in [6, 6.07) is 18.5. The van der Waals surface area contributed by atoms with Crippen molar-refractivity contribution in [1.29, 1.82) is 0 Å². The van der Waals surface area contributed by atoms with Crippen LogP contribution in [0.4, 0.5) is 4.79 Å². The van der Waals surface area contributed by atoms with Gasteiger partial charge in [-0.05, 0) is 30.5 Å². The van der Waals surface area contributed by atoms with Gasteiger partial charge in [-0.25, -0.2) is 9.78 Å². The molecule has 2 saturated heterocycles. The maximum Gasteiger partial charge on any atom is 0.410 e. The van der Waals surface area contributed by atoms with Crippen LogP contribution in [0.15, 0.2) is 60.7 Å². The quantitative estimate of drug-likeness (QED) is 0.702. The molecular weight excluding hydrogens is 394 g/mol. The Morgan fingerprint density at radius 3 is 2.55 bits per heavy atom. The first-order chi connectivity index (χ1) is 15.1. The first-order valence-corrected chi connectivity index (χ1v) is 10.5. The number of hydrogen-bond acceptors (Lipinski definition) is 5. The molecule has 2 aliphatic rings. The molecule has 2 fully saturated rings. The van der Waals surface area contributed by atoms with E-state index in [-0.39, 0.29) is 29.9 Å². The van der Waals surface area contributed by atoms with E-state index in [0.29, 0.717) is 43.7 Å². The molecule has 3 aromatic rings. The average Bonchev–Trinajstić information content (AvgIpc) is 3.21. The van der Waals surface area contributed by atoms with Crippen molar-refractivity contribution >= 4 is 22.9 Å². The van der Waals surface area contributed by atoms with Gasteiger partial charge in [-0.2, -0.15) is 0 Å². The summed E-state index contributed by atoms with van der Waals surface area (Å²) in [7, 11) is 0. The Morgan fingerprint density at radius 1 is 1.00 bits per heavy atom. The molecule has 158 valence electrons. The van der Waals surface area contributed by atoms with Gasteiger partial charge in [0, 0.05) is 24.5 Å². The van der Waals surface area contributed by atoms with Crippen molar-refractivity contribution in [2.45, 2.75) is 25.0 Å². The molecule has 2 amide bonds. The average molecular weight is 417 g/mol. The van der Waals surface area contributed by atoms with Crippen LogP contribution in [-0.2, 0) is 4.74 Å². The van der Waals surface area contributed by atoms with Crippen molar-refractivity contribution in [2.24, 2.45) is 0 Å². The standard InChI is InChI=1S/C24H23N3O4/c28-20-8-4-7-17-9-10-19(25-22(17)20)23(29)26-13-11-18(12-14-26)27-15-21(31-24(27)30)16-5-2-1-3-6-16/h1-10,18,21,28H,11-15H2. The molecule has 2 aliphatic heterocycles. The largest absolute Gasteiger partial charge is 0.506 e. The van der Waals surface area contributed by atoms with Gasteiger partial charge in [0.1, 0.15) is 23.1 Å². The number of fused-ring (bicyclic) bond motifs is 1. The van der Waals surface area contributed by atoms with Crippen molar-refractivity contribution in [2.75, 3.05) is 19.6 Å². The normalized spacial score (nSPS) is 19.6. The summed E-state index contributed by atoms with van der Waals surface area (Å²) < 4.78 is 5.58. The van der Waals surface area contributed by atoms with Crippen LogP contribution in [0.3, 0.4) is 0 Å². The summed E-state index contributed by atoms with van der Waals surface area (Å²) >= 11 is 0. The Balaban J connectivity index is 1.24. The number of rotatable bonds is 3. The van der Waals surface area contributed by atoms with E-state index in [1.165, 1.54) is 0 Å². The fraction of sp³-hybridized carbons (Fsp3) is 0.292. The Morgan fingerprint density at radius 2 is 1.77 bits per heavy atom.